The first-order valence-corrected chi connectivity index (χ1v) is 14.6. The fraction of sp³-hybridized carbons (Fsp3) is 0.333. The summed E-state index contributed by atoms with van der Waals surface area (Å²) in [7, 11) is -6.39. The van der Waals surface area contributed by atoms with E-state index in [1.54, 1.807) is 0 Å². The van der Waals surface area contributed by atoms with Crippen molar-refractivity contribution in [1.29, 1.82) is 0 Å². The van der Waals surface area contributed by atoms with Gasteiger partial charge < -0.3 is 9.47 Å². The quantitative estimate of drug-likeness (QED) is 0.390. The van der Waals surface area contributed by atoms with Gasteiger partial charge in [-0.15, -0.1) is 18.7 Å². The minimum absolute atomic E-state index is 0.146. The maximum Gasteiger partial charge on any atom is 0.318 e. The summed E-state index contributed by atoms with van der Waals surface area (Å²) in [6, 6.07) is 10.1. The predicted octanol–water partition coefficient (Wildman–Crippen LogP) is 0.641. The third kappa shape index (κ3) is 4.61. The Morgan fingerprint density at radius 1 is 0.550 bits per heavy atom. The number of fused-ring (bicyclic) bond motifs is 2. The van der Waals surface area contributed by atoms with E-state index in [0.717, 1.165) is 0 Å². The van der Waals surface area contributed by atoms with Crippen LogP contribution >= 0.6 is 0 Å². The van der Waals surface area contributed by atoms with Crippen molar-refractivity contribution in [2.24, 2.45) is 23.7 Å². The zero-order valence-electron chi connectivity index (χ0n) is 21.0. The molecule has 4 amide bonds. The smallest absolute Gasteiger partial charge is 0.318 e. The number of hydrogen-bond donors (Lipinski definition) is 0. The van der Waals surface area contributed by atoms with E-state index in [-0.39, 0.29) is 32.8 Å². The molecule has 1 saturated carbocycles. The molecule has 2 heterocycles. The fourth-order valence-corrected chi connectivity index (χ4v) is 6.83. The monoisotopic (exact) mass is 594 g/mol. The van der Waals surface area contributed by atoms with E-state index >= 15 is 0 Å². The maximum absolute atomic E-state index is 13.0. The lowest BCUT2D eigenvalue weighted by atomic mass is 9.70. The Morgan fingerprint density at radius 3 is 1.07 bits per heavy atom. The predicted molar refractivity (Wildman–Crippen MR) is 129 cm³/mol. The van der Waals surface area contributed by atoms with E-state index in [4.69, 9.17) is 18.0 Å². The average Bonchev–Trinajstić information content (AvgIpc) is 3.31. The first-order chi connectivity index (χ1) is 18.9. The van der Waals surface area contributed by atoms with Crippen molar-refractivity contribution >= 4 is 43.9 Å². The van der Waals surface area contributed by atoms with E-state index in [0.29, 0.717) is 11.5 Å². The number of nitrogens with zero attached hydrogens (tertiary/aromatic N) is 2. The van der Waals surface area contributed by atoms with Gasteiger partial charge in [-0.3, -0.25) is 19.2 Å². The van der Waals surface area contributed by atoms with E-state index in [1.807, 2.05) is 0 Å². The molecule has 5 rings (SSSR count). The number of benzene rings is 2. The van der Waals surface area contributed by atoms with Crippen LogP contribution in [0.2, 0.25) is 0 Å². The van der Waals surface area contributed by atoms with Crippen molar-refractivity contribution in [3.05, 3.63) is 48.5 Å². The van der Waals surface area contributed by atoms with Crippen LogP contribution in [0.25, 0.3) is 0 Å². The van der Waals surface area contributed by atoms with Crippen molar-refractivity contribution in [2.45, 2.75) is 22.6 Å². The lowest BCUT2D eigenvalue weighted by molar-refractivity contribution is -0.166. The summed E-state index contributed by atoms with van der Waals surface area (Å²) < 4.78 is 70.5. The first-order valence-electron chi connectivity index (χ1n) is 11.8. The van der Waals surface area contributed by atoms with E-state index in [9.17, 15) is 36.0 Å². The molecule has 2 aliphatic heterocycles. The number of methoxy groups -OCH3 is 2. The molecular formula is C24H22N2O12S2. The molecule has 14 nitrogen and oxygen atoms in total. The highest BCUT2D eigenvalue weighted by atomic mass is 32.2. The molecule has 0 N–H and O–H groups in total. The molecule has 2 saturated heterocycles. The summed E-state index contributed by atoms with van der Waals surface area (Å²) in [6.45, 7) is 0. The molecule has 40 heavy (non-hydrogen) atoms. The molecule has 0 radical (unpaired) electrons. The lowest BCUT2D eigenvalue weighted by Crippen LogP contribution is -2.35. The summed E-state index contributed by atoms with van der Waals surface area (Å²) in [6.07, 6.45) is -0.620. The summed E-state index contributed by atoms with van der Waals surface area (Å²) in [4.78, 5) is 51.5. The number of ether oxygens (including phenoxy) is 2. The summed E-state index contributed by atoms with van der Waals surface area (Å²) >= 11 is 0. The normalized spacial score (nSPS) is 24.8. The first kappa shape index (κ1) is 27.7. The Kier molecular flexibility index (Phi) is 6.89. The van der Waals surface area contributed by atoms with Crippen LogP contribution in [0, 0.1) is 23.7 Å². The summed E-state index contributed by atoms with van der Waals surface area (Å²) in [5, 5.41) is 0.292. The molecule has 0 aromatic heterocycles. The molecule has 2 aromatic carbocycles. The minimum Gasteiger partial charge on any atom is -0.497 e. The molecule has 16 heteroatoms. The van der Waals surface area contributed by atoms with Crippen molar-refractivity contribution < 1.29 is 54.1 Å². The zero-order chi connectivity index (χ0) is 29.0. The Labute approximate surface area is 228 Å². The SMILES string of the molecule is COc1ccc(S(=O)(=O)ON2C(=O)C3CC4C(=O)N(OS(=O)(=O)c5ccc(OC)cc5)C(=O)C4CC3C2=O)cc1. The number of hydrogen-bond acceptors (Lipinski definition) is 12. The van der Waals surface area contributed by atoms with Crippen molar-refractivity contribution in [2.75, 3.05) is 14.2 Å². The molecule has 3 fully saturated rings. The maximum atomic E-state index is 13.0. The van der Waals surface area contributed by atoms with Crippen LogP contribution in [-0.2, 0) is 48.0 Å². The number of carbonyl (C=O) groups excluding carboxylic acids is 4. The molecule has 4 atom stereocenters. The Balaban J connectivity index is 1.32. The van der Waals surface area contributed by atoms with Crippen LogP contribution < -0.4 is 9.47 Å². The van der Waals surface area contributed by atoms with E-state index in [2.05, 4.69) is 0 Å². The molecule has 0 spiro atoms. The largest absolute Gasteiger partial charge is 0.497 e. The number of carbonyl (C=O) groups is 4. The van der Waals surface area contributed by atoms with Crippen molar-refractivity contribution in [3.63, 3.8) is 0 Å². The van der Waals surface area contributed by atoms with Gasteiger partial charge in [0, 0.05) is 0 Å². The van der Waals surface area contributed by atoms with Gasteiger partial charge in [0.1, 0.15) is 11.5 Å². The van der Waals surface area contributed by atoms with E-state index < -0.39 is 67.5 Å². The van der Waals surface area contributed by atoms with Crippen LogP contribution in [0.3, 0.4) is 0 Å². The van der Waals surface area contributed by atoms with Crippen LogP contribution in [0.1, 0.15) is 12.8 Å². The molecule has 212 valence electrons. The second kappa shape index (κ2) is 9.96. The van der Waals surface area contributed by atoms with Crippen LogP contribution in [0.4, 0.5) is 0 Å². The van der Waals surface area contributed by atoms with Crippen molar-refractivity contribution in [3.8, 4) is 11.5 Å². The minimum atomic E-state index is -4.59. The Bertz CT molecular complexity index is 1440. The molecule has 1 aliphatic carbocycles. The topological polar surface area (TPSA) is 180 Å². The van der Waals surface area contributed by atoms with Crippen LogP contribution in [-0.4, -0.2) is 64.8 Å². The fourth-order valence-electron chi connectivity index (χ4n) is 5.03. The van der Waals surface area contributed by atoms with Gasteiger partial charge in [0.05, 0.1) is 47.7 Å². The van der Waals surface area contributed by atoms with E-state index in [1.165, 1.54) is 62.8 Å². The van der Waals surface area contributed by atoms with Gasteiger partial charge >= 0.3 is 20.2 Å². The molecule has 2 aromatic rings. The standard InChI is InChI=1S/C24H22N2O12S2/c1-35-13-3-7-15(8-4-13)39(31,32)37-25-21(27)17-11-19-20(12-18(17)22(25)28)24(30)26(23(19)29)38-40(33,34)16-9-5-14(36-2)6-10-16/h3-10,17-20H,11-12H2,1-2H3. The summed E-state index contributed by atoms with van der Waals surface area (Å²) in [5.74, 6) is -7.85. The highest BCUT2D eigenvalue weighted by Crippen LogP contribution is 2.48. The van der Waals surface area contributed by atoms with Gasteiger partial charge in [0.15, 0.2) is 0 Å². The van der Waals surface area contributed by atoms with Gasteiger partial charge in [-0.2, -0.15) is 16.8 Å². The van der Waals surface area contributed by atoms with Crippen LogP contribution in [0.5, 0.6) is 11.5 Å². The van der Waals surface area contributed by atoms with Gasteiger partial charge in [-0.05, 0) is 61.4 Å². The molecular weight excluding hydrogens is 572 g/mol. The second-order valence-corrected chi connectivity index (χ2v) is 12.3. The highest BCUT2D eigenvalue weighted by molar-refractivity contribution is 7.87. The molecule has 4 unspecified atom stereocenters. The Morgan fingerprint density at radius 2 is 0.825 bits per heavy atom. The number of rotatable bonds is 8. The van der Waals surface area contributed by atoms with Crippen LogP contribution in [0.15, 0.2) is 58.3 Å². The van der Waals surface area contributed by atoms with Crippen molar-refractivity contribution in [1.82, 2.24) is 10.1 Å². The van der Waals surface area contributed by atoms with Gasteiger partial charge in [0.2, 0.25) is 0 Å². The lowest BCUT2D eigenvalue weighted by Gasteiger charge is -2.27. The third-order valence-electron chi connectivity index (χ3n) is 7.10. The zero-order valence-corrected chi connectivity index (χ0v) is 22.6. The average molecular weight is 595 g/mol. The summed E-state index contributed by atoms with van der Waals surface area (Å²) in [5.41, 5.74) is 0. The number of amides is 4. The van der Waals surface area contributed by atoms with Gasteiger partial charge in [-0.25, -0.2) is 0 Å². The molecule has 3 aliphatic rings. The molecule has 0 bridgehead atoms. The number of imide groups is 2. The van der Waals surface area contributed by atoms with Gasteiger partial charge in [0.25, 0.3) is 23.6 Å². The van der Waals surface area contributed by atoms with Gasteiger partial charge in [-0.1, -0.05) is 0 Å². The Hall–Kier alpha value is -3.86. The highest BCUT2D eigenvalue weighted by Gasteiger charge is 2.61. The number of hydroxylamine groups is 4. The third-order valence-corrected chi connectivity index (χ3v) is 9.49. The second-order valence-electron chi connectivity index (χ2n) is 9.25.